The van der Waals surface area contributed by atoms with Crippen molar-refractivity contribution in [2.24, 2.45) is 0 Å². The van der Waals surface area contributed by atoms with E-state index in [1.165, 1.54) is 12.8 Å². The molecule has 200 valence electrons. The summed E-state index contributed by atoms with van der Waals surface area (Å²) in [5.74, 6) is -0.244. The molecule has 0 aliphatic rings. The summed E-state index contributed by atoms with van der Waals surface area (Å²) in [4.78, 5) is 29.1. The first-order valence-corrected chi connectivity index (χ1v) is 14.1. The first-order chi connectivity index (χ1) is 18.6. The molecule has 0 saturated heterocycles. The van der Waals surface area contributed by atoms with Gasteiger partial charge >= 0.3 is 0 Å². The third kappa shape index (κ3) is 9.50. The van der Waals surface area contributed by atoms with Crippen LogP contribution in [0.3, 0.4) is 0 Å². The Morgan fingerprint density at radius 1 is 0.842 bits per heavy atom. The molecule has 2 N–H and O–H groups in total. The normalized spacial score (nSPS) is 11.8. The van der Waals surface area contributed by atoms with Gasteiger partial charge in [0.15, 0.2) is 0 Å². The predicted molar refractivity (Wildman–Crippen MR) is 161 cm³/mol. The molecule has 0 radical (unpaired) electrons. The van der Waals surface area contributed by atoms with E-state index < -0.39 is 0 Å². The van der Waals surface area contributed by atoms with Gasteiger partial charge in [-0.15, -0.1) is 0 Å². The second-order valence-corrected chi connectivity index (χ2v) is 9.84. The largest absolute Gasteiger partial charge is 0.350 e. The number of carbonyl (C=O) groups excluding carboxylic acids is 2. The van der Waals surface area contributed by atoms with Crippen LogP contribution in [0.15, 0.2) is 85.0 Å². The fourth-order valence-electron chi connectivity index (χ4n) is 4.31. The van der Waals surface area contributed by atoms with Crippen molar-refractivity contribution in [1.29, 1.82) is 0 Å². The number of hydrogen-bond acceptors (Lipinski definition) is 2. The van der Waals surface area contributed by atoms with Crippen LogP contribution in [0.25, 0.3) is 10.9 Å². The van der Waals surface area contributed by atoms with Crippen molar-refractivity contribution in [2.45, 2.75) is 71.1 Å². The monoisotopic (exact) mass is 530 g/mol. The molecule has 0 atom stereocenters. The second-order valence-electron chi connectivity index (χ2n) is 9.41. The molecule has 2 aromatic carbocycles. The average molecular weight is 531 g/mol. The SMILES string of the molecule is CCC=CCC=CCC=CCCCCCCCC(=O)Nc1c(C(=O)c2ccccc2)[nH]c2cc(Cl)ccc12. The molecule has 1 heterocycles. The summed E-state index contributed by atoms with van der Waals surface area (Å²) in [7, 11) is 0. The molecule has 0 aliphatic carbocycles. The predicted octanol–water partition coefficient (Wildman–Crippen LogP) is 9.58. The standard InChI is InChI=1S/C33H39ClN2O2/c1-2-3-4-5-6-7-8-9-10-11-12-13-14-15-19-22-30(37)36-31-28-24-23-27(34)25-29(28)35-32(31)33(38)26-20-17-16-18-21-26/h3-4,6-7,9-10,16-18,20-21,23-25,35H,2,5,8,11-15,19,22H2,1H3,(H,36,37). The third-order valence-electron chi connectivity index (χ3n) is 6.34. The lowest BCUT2D eigenvalue weighted by Gasteiger charge is -2.08. The van der Waals surface area contributed by atoms with Gasteiger partial charge in [-0.2, -0.15) is 0 Å². The van der Waals surface area contributed by atoms with E-state index in [2.05, 4.69) is 53.7 Å². The fraction of sp³-hybridized carbons (Fsp3) is 0.333. The maximum atomic E-state index is 13.2. The number of aromatic nitrogens is 1. The third-order valence-corrected chi connectivity index (χ3v) is 6.58. The number of hydrogen-bond donors (Lipinski definition) is 2. The number of anilines is 1. The number of aromatic amines is 1. The van der Waals surface area contributed by atoms with E-state index in [1.54, 1.807) is 24.3 Å². The molecule has 3 rings (SSSR count). The number of unbranched alkanes of at least 4 members (excludes halogenated alkanes) is 5. The highest BCUT2D eigenvalue weighted by atomic mass is 35.5. The van der Waals surface area contributed by atoms with E-state index in [0.29, 0.717) is 28.4 Å². The molecule has 4 nitrogen and oxygen atoms in total. The van der Waals surface area contributed by atoms with Crippen molar-refractivity contribution in [2.75, 3.05) is 5.32 Å². The van der Waals surface area contributed by atoms with Crippen molar-refractivity contribution < 1.29 is 9.59 Å². The Bertz CT molecular complexity index is 1250. The summed E-state index contributed by atoms with van der Waals surface area (Å²) in [6, 6.07) is 14.4. The van der Waals surface area contributed by atoms with Gasteiger partial charge in [-0.1, -0.05) is 105 Å². The Labute approximate surface area is 231 Å². The Morgan fingerprint density at radius 2 is 1.53 bits per heavy atom. The van der Waals surface area contributed by atoms with E-state index in [0.717, 1.165) is 55.8 Å². The number of nitrogens with one attached hydrogen (secondary N) is 2. The quantitative estimate of drug-likeness (QED) is 0.110. The number of rotatable bonds is 16. The number of amides is 1. The molecular weight excluding hydrogens is 492 g/mol. The molecule has 0 unspecified atom stereocenters. The summed E-state index contributed by atoms with van der Waals surface area (Å²) >= 11 is 6.16. The maximum Gasteiger partial charge on any atom is 0.224 e. The van der Waals surface area contributed by atoms with Crippen LogP contribution in [0.1, 0.15) is 87.2 Å². The molecule has 0 spiro atoms. The molecule has 0 bridgehead atoms. The lowest BCUT2D eigenvalue weighted by Crippen LogP contribution is -2.14. The number of H-pyrrole nitrogens is 1. The molecule has 38 heavy (non-hydrogen) atoms. The number of ketones is 1. The molecule has 1 amide bonds. The minimum Gasteiger partial charge on any atom is -0.350 e. The zero-order valence-electron chi connectivity index (χ0n) is 22.3. The average Bonchev–Trinajstić information content (AvgIpc) is 3.27. The molecule has 3 aromatic rings. The Kier molecular flexibility index (Phi) is 12.6. The summed E-state index contributed by atoms with van der Waals surface area (Å²) < 4.78 is 0. The van der Waals surface area contributed by atoms with Crippen molar-refractivity contribution in [3.05, 3.63) is 101 Å². The zero-order chi connectivity index (χ0) is 27.0. The summed E-state index contributed by atoms with van der Waals surface area (Å²) in [5, 5.41) is 4.35. The van der Waals surface area contributed by atoms with Gasteiger partial charge in [0.2, 0.25) is 11.7 Å². The van der Waals surface area contributed by atoms with Gasteiger partial charge in [0, 0.05) is 27.9 Å². The molecule has 5 heteroatoms. The van der Waals surface area contributed by atoms with Gasteiger partial charge in [0.25, 0.3) is 0 Å². The van der Waals surface area contributed by atoms with Crippen molar-refractivity contribution in [1.82, 2.24) is 4.98 Å². The number of fused-ring (bicyclic) bond motifs is 1. The van der Waals surface area contributed by atoms with Gasteiger partial charge in [-0.05, 0) is 56.7 Å². The van der Waals surface area contributed by atoms with Gasteiger partial charge in [0.1, 0.15) is 5.69 Å². The van der Waals surface area contributed by atoms with Crippen molar-refractivity contribution >= 4 is 39.9 Å². The molecule has 1 aromatic heterocycles. The summed E-state index contributed by atoms with van der Waals surface area (Å²) in [5.41, 5.74) is 2.18. The van der Waals surface area contributed by atoms with E-state index in [1.807, 2.05) is 24.3 Å². The lowest BCUT2D eigenvalue weighted by molar-refractivity contribution is -0.116. The minimum atomic E-state index is -0.164. The van der Waals surface area contributed by atoms with E-state index in [9.17, 15) is 9.59 Å². The molecule has 0 saturated carbocycles. The topological polar surface area (TPSA) is 62.0 Å². The van der Waals surface area contributed by atoms with Crippen LogP contribution >= 0.6 is 11.6 Å². The Morgan fingerprint density at radius 3 is 2.29 bits per heavy atom. The van der Waals surface area contributed by atoms with Gasteiger partial charge in [-0.3, -0.25) is 9.59 Å². The first-order valence-electron chi connectivity index (χ1n) is 13.8. The Balaban J connectivity index is 1.41. The van der Waals surface area contributed by atoms with Crippen molar-refractivity contribution in [3.63, 3.8) is 0 Å². The molecule has 0 fully saturated rings. The maximum absolute atomic E-state index is 13.2. The number of halogens is 1. The highest BCUT2D eigenvalue weighted by Crippen LogP contribution is 2.31. The number of benzene rings is 2. The fourth-order valence-corrected chi connectivity index (χ4v) is 4.48. The zero-order valence-corrected chi connectivity index (χ0v) is 23.1. The summed E-state index contributed by atoms with van der Waals surface area (Å²) in [6.45, 7) is 2.15. The van der Waals surface area contributed by atoms with Crippen LogP contribution in [0.2, 0.25) is 5.02 Å². The van der Waals surface area contributed by atoms with Crippen LogP contribution in [0.4, 0.5) is 5.69 Å². The second kappa shape index (κ2) is 16.5. The number of carbonyl (C=O) groups is 2. The Hall–Kier alpha value is -3.37. The van der Waals surface area contributed by atoms with Crippen LogP contribution < -0.4 is 5.32 Å². The van der Waals surface area contributed by atoms with Crippen LogP contribution in [-0.4, -0.2) is 16.7 Å². The van der Waals surface area contributed by atoms with Gasteiger partial charge < -0.3 is 10.3 Å². The molecule has 0 aliphatic heterocycles. The van der Waals surface area contributed by atoms with Crippen LogP contribution in [-0.2, 0) is 4.79 Å². The smallest absolute Gasteiger partial charge is 0.224 e. The molecular formula is C33H39ClN2O2. The van der Waals surface area contributed by atoms with Gasteiger partial charge in [0.05, 0.1) is 5.69 Å². The minimum absolute atomic E-state index is 0.0795. The lowest BCUT2D eigenvalue weighted by atomic mass is 10.1. The highest BCUT2D eigenvalue weighted by molar-refractivity contribution is 6.31. The van der Waals surface area contributed by atoms with Crippen LogP contribution in [0, 0.1) is 0 Å². The van der Waals surface area contributed by atoms with Crippen molar-refractivity contribution in [3.8, 4) is 0 Å². The summed E-state index contributed by atoms with van der Waals surface area (Å²) in [6.07, 6.45) is 23.3. The van der Waals surface area contributed by atoms with E-state index >= 15 is 0 Å². The number of allylic oxidation sites excluding steroid dienone is 6. The van der Waals surface area contributed by atoms with E-state index in [-0.39, 0.29) is 11.7 Å². The van der Waals surface area contributed by atoms with Gasteiger partial charge in [-0.25, -0.2) is 0 Å². The van der Waals surface area contributed by atoms with Crippen LogP contribution in [0.5, 0.6) is 0 Å². The highest BCUT2D eigenvalue weighted by Gasteiger charge is 2.21. The van der Waals surface area contributed by atoms with E-state index in [4.69, 9.17) is 11.6 Å². The first kappa shape index (κ1) is 29.2.